The van der Waals surface area contributed by atoms with E-state index in [2.05, 4.69) is 252 Å². The van der Waals surface area contributed by atoms with Crippen LogP contribution in [0.3, 0.4) is 0 Å². The Morgan fingerprint density at radius 1 is 0.259 bits per heavy atom. The van der Waals surface area contributed by atoms with Crippen LogP contribution in [0.1, 0.15) is 0 Å². The molecule has 0 saturated carbocycles. The second-order valence-electron chi connectivity index (χ2n) is 14.5. The minimum Gasteiger partial charge on any atom is -0.311 e. The van der Waals surface area contributed by atoms with Crippen LogP contribution in [0.4, 0.5) is 34.1 Å². The number of benzene rings is 9. The lowest BCUT2D eigenvalue weighted by molar-refractivity contribution is 1.29. The second-order valence-corrected chi connectivity index (χ2v) is 19.4. The van der Waals surface area contributed by atoms with Crippen molar-refractivity contribution in [3.8, 4) is 0 Å². The van der Waals surface area contributed by atoms with Gasteiger partial charge in [0.15, 0.2) is 8.07 Å². The van der Waals surface area contributed by atoms with Crippen molar-refractivity contribution >= 4 is 94.5 Å². The molecule has 0 unspecified atom stereocenters. The van der Waals surface area contributed by atoms with Crippen LogP contribution in [0.15, 0.2) is 243 Å². The molecule has 0 fully saturated rings. The predicted octanol–water partition coefficient (Wildman–Crippen LogP) is 12.4. The molecule has 0 N–H and O–H groups in total. The van der Waals surface area contributed by atoms with Gasteiger partial charge >= 0.3 is 0 Å². The van der Waals surface area contributed by atoms with Crippen LogP contribution in [0.25, 0.3) is 20.2 Å². The molecule has 0 aliphatic rings. The van der Waals surface area contributed by atoms with Gasteiger partial charge in [0, 0.05) is 54.3 Å². The zero-order valence-electron chi connectivity index (χ0n) is 31.9. The van der Waals surface area contributed by atoms with Crippen molar-refractivity contribution in [3.63, 3.8) is 0 Å². The van der Waals surface area contributed by atoms with Gasteiger partial charge in [-0.1, -0.05) is 158 Å². The van der Waals surface area contributed by atoms with Gasteiger partial charge in [-0.25, -0.2) is 0 Å². The first-order valence-electron chi connectivity index (χ1n) is 19.8. The molecule has 0 bridgehead atoms. The summed E-state index contributed by atoms with van der Waals surface area (Å²) >= 11 is 1.86. The van der Waals surface area contributed by atoms with Crippen LogP contribution < -0.4 is 30.5 Å². The Bertz CT molecular complexity index is 2860. The summed E-state index contributed by atoms with van der Waals surface area (Å²) in [5.41, 5.74) is 6.75. The molecule has 0 radical (unpaired) electrons. The first kappa shape index (κ1) is 35.4. The summed E-state index contributed by atoms with van der Waals surface area (Å²) in [6.07, 6.45) is 0. The predicted molar refractivity (Wildman–Crippen MR) is 252 cm³/mol. The molecule has 2 nitrogen and oxygen atoms in total. The molecule has 276 valence electrons. The minimum atomic E-state index is -2.90. The van der Waals surface area contributed by atoms with Crippen molar-refractivity contribution in [2.75, 3.05) is 9.80 Å². The van der Waals surface area contributed by atoms with Crippen LogP contribution in [-0.2, 0) is 0 Å². The molecule has 10 aromatic rings. The first-order chi connectivity index (χ1) is 28.8. The lowest BCUT2D eigenvalue weighted by Crippen LogP contribution is -2.74. The van der Waals surface area contributed by atoms with Crippen molar-refractivity contribution in [2.24, 2.45) is 0 Å². The number of hydrogen-bond acceptors (Lipinski definition) is 3. The van der Waals surface area contributed by atoms with E-state index in [4.69, 9.17) is 0 Å². The van der Waals surface area contributed by atoms with E-state index >= 15 is 0 Å². The largest absolute Gasteiger partial charge is 0.311 e. The molecule has 0 saturated heterocycles. The van der Waals surface area contributed by atoms with Crippen molar-refractivity contribution in [1.82, 2.24) is 0 Å². The highest BCUT2D eigenvalue weighted by Gasteiger charge is 2.42. The van der Waals surface area contributed by atoms with E-state index in [-0.39, 0.29) is 0 Å². The number of rotatable bonds is 10. The zero-order chi connectivity index (χ0) is 38.7. The molecule has 0 spiro atoms. The van der Waals surface area contributed by atoms with E-state index in [9.17, 15) is 0 Å². The third kappa shape index (κ3) is 6.39. The smallest absolute Gasteiger partial charge is 0.179 e. The summed E-state index contributed by atoms with van der Waals surface area (Å²) in [6, 6.07) is 88.9. The van der Waals surface area contributed by atoms with Gasteiger partial charge in [-0.05, 0) is 106 Å². The van der Waals surface area contributed by atoms with E-state index in [1.165, 1.54) is 40.9 Å². The molecule has 0 aliphatic carbocycles. The summed E-state index contributed by atoms with van der Waals surface area (Å²) in [5, 5.41) is 7.91. The lowest BCUT2D eigenvalue weighted by Gasteiger charge is -2.36. The Labute approximate surface area is 345 Å². The average Bonchev–Trinajstić information content (AvgIpc) is 3.68. The molecule has 0 amide bonds. The monoisotopic (exact) mass is 776 g/mol. The summed E-state index contributed by atoms with van der Waals surface area (Å²) in [6.45, 7) is 0. The van der Waals surface area contributed by atoms with E-state index in [1.807, 2.05) is 11.3 Å². The lowest BCUT2D eigenvalue weighted by atomic mass is 10.1. The maximum absolute atomic E-state index is 2.90. The van der Waals surface area contributed by atoms with Crippen LogP contribution in [-0.4, -0.2) is 8.07 Å². The van der Waals surface area contributed by atoms with Gasteiger partial charge in [0.25, 0.3) is 0 Å². The highest BCUT2D eigenvalue weighted by atomic mass is 32.1. The van der Waals surface area contributed by atoms with Crippen LogP contribution in [0.2, 0.25) is 0 Å². The standard InChI is InChI=1S/C54H40N2SSi/c1-6-19-41(20-7-1)55(42-21-8-2-9-22-42)45-25-18-30-50(39-45)58(47-26-12-4-13-27-47,48-28-14-5-15-29-48)49-36-33-44(34-37-49)56(43-23-10-3-11-24-43)46-35-38-54-52(40-46)51-31-16-17-32-53(51)57-54/h1-40H. The highest BCUT2D eigenvalue weighted by Crippen LogP contribution is 2.40. The summed E-state index contributed by atoms with van der Waals surface area (Å²) < 4.78 is 2.61. The third-order valence-corrected chi connectivity index (χ3v) is 17.1. The van der Waals surface area contributed by atoms with E-state index in [1.54, 1.807) is 0 Å². The summed E-state index contributed by atoms with van der Waals surface area (Å²) in [7, 11) is -2.90. The number of para-hydroxylation sites is 3. The number of hydrogen-bond donors (Lipinski definition) is 0. The van der Waals surface area contributed by atoms with Gasteiger partial charge in [0.2, 0.25) is 0 Å². The summed E-state index contributed by atoms with van der Waals surface area (Å²) in [4.78, 5) is 4.76. The zero-order valence-corrected chi connectivity index (χ0v) is 33.7. The van der Waals surface area contributed by atoms with Gasteiger partial charge in [-0.3, -0.25) is 0 Å². The van der Waals surface area contributed by atoms with E-state index in [0.717, 1.165) is 34.1 Å². The Morgan fingerprint density at radius 3 is 1.19 bits per heavy atom. The van der Waals surface area contributed by atoms with E-state index < -0.39 is 8.07 Å². The molecule has 0 atom stereocenters. The van der Waals surface area contributed by atoms with Crippen molar-refractivity contribution < 1.29 is 0 Å². The van der Waals surface area contributed by atoms with Crippen LogP contribution >= 0.6 is 11.3 Å². The minimum absolute atomic E-state index is 1.12. The topological polar surface area (TPSA) is 6.48 Å². The Balaban J connectivity index is 1.17. The Hall–Kier alpha value is -6.98. The Kier molecular flexibility index (Phi) is 9.48. The van der Waals surface area contributed by atoms with Crippen molar-refractivity contribution in [2.45, 2.75) is 0 Å². The molecule has 9 aromatic carbocycles. The molecule has 10 rings (SSSR count). The number of nitrogens with zero attached hydrogens (tertiary/aromatic N) is 2. The van der Waals surface area contributed by atoms with Gasteiger partial charge in [0.05, 0.1) is 0 Å². The fourth-order valence-corrected chi connectivity index (χ4v) is 14.4. The second kappa shape index (κ2) is 15.5. The van der Waals surface area contributed by atoms with Gasteiger partial charge in [0.1, 0.15) is 0 Å². The van der Waals surface area contributed by atoms with Gasteiger partial charge < -0.3 is 9.80 Å². The maximum atomic E-state index is 2.44. The fraction of sp³-hybridized carbons (Fsp3) is 0. The molecule has 1 aromatic heterocycles. The fourth-order valence-electron chi connectivity index (χ4n) is 8.59. The normalized spacial score (nSPS) is 11.4. The molecular formula is C54H40N2SSi. The quantitative estimate of drug-likeness (QED) is 0.101. The molecular weight excluding hydrogens is 737 g/mol. The SMILES string of the molecule is c1ccc(N(c2ccccc2)c2cccc([Si](c3ccccc3)(c3ccccc3)c3ccc(N(c4ccccc4)c4ccc5sc6ccccc6c5c4)cc3)c2)cc1. The number of anilines is 6. The van der Waals surface area contributed by atoms with Crippen LogP contribution in [0, 0.1) is 0 Å². The molecule has 4 heteroatoms. The van der Waals surface area contributed by atoms with Gasteiger partial charge in [-0.15, -0.1) is 11.3 Å². The molecule has 1 heterocycles. The van der Waals surface area contributed by atoms with E-state index in [0.29, 0.717) is 0 Å². The van der Waals surface area contributed by atoms with Gasteiger partial charge in [-0.2, -0.15) is 0 Å². The summed E-state index contributed by atoms with van der Waals surface area (Å²) in [5.74, 6) is 0. The van der Waals surface area contributed by atoms with Crippen molar-refractivity contribution in [1.29, 1.82) is 0 Å². The molecule has 58 heavy (non-hydrogen) atoms. The average molecular weight is 777 g/mol. The molecule has 0 aliphatic heterocycles. The van der Waals surface area contributed by atoms with Crippen molar-refractivity contribution in [3.05, 3.63) is 243 Å². The Morgan fingerprint density at radius 2 is 0.638 bits per heavy atom. The number of thiophene rings is 1. The highest BCUT2D eigenvalue weighted by molar-refractivity contribution is 7.25. The number of fused-ring (bicyclic) bond motifs is 3. The first-order valence-corrected chi connectivity index (χ1v) is 22.6. The third-order valence-electron chi connectivity index (χ3n) is 11.2. The maximum Gasteiger partial charge on any atom is 0.179 e. The van der Waals surface area contributed by atoms with Crippen LogP contribution in [0.5, 0.6) is 0 Å².